The van der Waals surface area contributed by atoms with Crippen LogP contribution in [0.3, 0.4) is 0 Å². The molecule has 0 spiro atoms. The highest BCUT2D eigenvalue weighted by atomic mass is 32.2. The van der Waals surface area contributed by atoms with E-state index in [4.69, 9.17) is 0 Å². The summed E-state index contributed by atoms with van der Waals surface area (Å²) in [6, 6.07) is -1.09. The molecule has 0 heterocycles. The normalized spacial score (nSPS) is 17.3. The van der Waals surface area contributed by atoms with Gasteiger partial charge in [0.25, 0.3) is 5.91 Å². The van der Waals surface area contributed by atoms with Crippen molar-refractivity contribution < 1.29 is 40.4 Å². The molecule has 2 aliphatic rings. The number of hydrogen-bond donors (Lipinski definition) is 3. The van der Waals surface area contributed by atoms with E-state index in [2.05, 4.69) is 10.6 Å². The van der Waals surface area contributed by atoms with Crippen LogP contribution in [0.2, 0.25) is 0 Å². The highest BCUT2D eigenvalue weighted by Gasteiger charge is 2.44. The van der Waals surface area contributed by atoms with E-state index < -0.39 is 69.4 Å². The number of benzene rings is 1. The molecule has 2 amide bonds. The molecule has 0 radical (unpaired) electrons. The minimum atomic E-state index is -4.95. The van der Waals surface area contributed by atoms with E-state index in [9.17, 15) is 40.4 Å². The lowest BCUT2D eigenvalue weighted by molar-refractivity contribution is -0.160. The second-order valence-electron chi connectivity index (χ2n) is 8.65. The van der Waals surface area contributed by atoms with E-state index >= 15 is 0 Å². The summed E-state index contributed by atoms with van der Waals surface area (Å²) >= 11 is 0. The van der Waals surface area contributed by atoms with Crippen molar-refractivity contribution in [1.29, 1.82) is 0 Å². The van der Waals surface area contributed by atoms with Gasteiger partial charge in [0.15, 0.2) is 9.84 Å². The van der Waals surface area contributed by atoms with Crippen LogP contribution in [-0.4, -0.2) is 62.3 Å². The number of nitrogens with one attached hydrogen (secondary N) is 3. The van der Waals surface area contributed by atoms with Gasteiger partial charge in [-0.3, -0.25) is 19.7 Å². The molecule has 0 aromatic heterocycles. The molecule has 0 bridgehead atoms. The largest absolute Gasteiger partial charge is 0.407 e. The number of amides is 2. The van der Waals surface area contributed by atoms with Crippen LogP contribution in [0.15, 0.2) is 24.3 Å². The number of Topliss-reactive ketones (excluding diaryl/α,β-unsaturated/α-hetero) is 1. The Kier molecular flexibility index (Phi) is 10.4. The second kappa shape index (κ2) is 12.6. The van der Waals surface area contributed by atoms with Gasteiger partial charge >= 0.3 is 6.18 Å². The van der Waals surface area contributed by atoms with Gasteiger partial charge in [-0.25, -0.2) is 12.8 Å². The monoisotopic (exact) mass is 537 g/mol. The first-order chi connectivity index (χ1) is 16.8. The van der Waals surface area contributed by atoms with E-state index in [0.29, 0.717) is 12.8 Å². The topological polar surface area (TPSA) is 121 Å². The Bertz CT molecular complexity index is 1020. The predicted octanol–water partition coefficient (Wildman–Crippen LogP) is 2.20. The Hall–Kier alpha value is -2.54. The Morgan fingerprint density at radius 2 is 1.61 bits per heavy atom. The molecule has 2 atom stereocenters. The zero-order valence-corrected chi connectivity index (χ0v) is 20.8. The van der Waals surface area contributed by atoms with Gasteiger partial charge in [-0.05, 0) is 49.3 Å². The van der Waals surface area contributed by atoms with Crippen LogP contribution < -0.4 is 16.0 Å². The minimum absolute atomic E-state index is 0.100. The summed E-state index contributed by atoms with van der Waals surface area (Å²) in [7, 11) is -3.92. The zero-order valence-electron chi connectivity index (χ0n) is 20.0. The molecule has 202 valence electrons. The molecule has 3 rings (SSSR count). The number of carbonyl (C=O) groups excluding carboxylic acids is 3. The standard InChI is InChI=1S/C21H25F4N3O5S.C2H6/c22-14-5-3-13(4-6-14)18(21(23,24)25)28-16(11-34(32,33)10-12-1-2-12)19(30)26-9-17(29)20(31)27-15-7-8-15;1-2/h3-6,12,15-16,18,28H,1-2,7-11H2,(H,26,30)(H,27,31);1-2H3. The lowest BCUT2D eigenvalue weighted by atomic mass is 10.1. The molecule has 3 N–H and O–H groups in total. The second-order valence-corrected chi connectivity index (χ2v) is 10.8. The average molecular weight is 538 g/mol. The van der Waals surface area contributed by atoms with Crippen LogP contribution >= 0.6 is 0 Å². The molecule has 8 nitrogen and oxygen atoms in total. The van der Waals surface area contributed by atoms with Crippen molar-refractivity contribution in [2.24, 2.45) is 5.92 Å². The summed E-state index contributed by atoms with van der Waals surface area (Å²) in [6.07, 6.45) is -2.16. The third-order valence-electron chi connectivity index (χ3n) is 5.41. The van der Waals surface area contributed by atoms with Crippen LogP contribution in [0.1, 0.15) is 51.1 Å². The van der Waals surface area contributed by atoms with Crippen molar-refractivity contribution in [3.05, 3.63) is 35.6 Å². The van der Waals surface area contributed by atoms with Crippen LogP contribution in [0.4, 0.5) is 17.6 Å². The molecule has 0 saturated heterocycles. The number of alkyl halides is 3. The van der Waals surface area contributed by atoms with E-state index in [-0.39, 0.29) is 17.7 Å². The molecule has 36 heavy (non-hydrogen) atoms. The Morgan fingerprint density at radius 3 is 2.11 bits per heavy atom. The predicted molar refractivity (Wildman–Crippen MR) is 124 cm³/mol. The number of halogens is 4. The summed E-state index contributed by atoms with van der Waals surface area (Å²) in [5, 5.41) is 6.51. The first kappa shape index (κ1) is 29.7. The third kappa shape index (κ3) is 9.84. The van der Waals surface area contributed by atoms with Crippen molar-refractivity contribution >= 4 is 27.4 Å². The van der Waals surface area contributed by atoms with Gasteiger partial charge in [0, 0.05) is 6.04 Å². The highest BCUT2D eigenvalue weighted by molar-refractivity contribution is 7.91. The summed E-state index contributed by atoms with van der Waals surface area (Å²) in [6.45, 7) is 3.20. The van der Waals surface area contributed by atoms with Gasteiger partial charge in [0.05, 0.1) is 18.1 Å². The molecule has 0 aliphatic heterocycles. The lowest BCUT2D eigenvalue weighted by Gasteiger charge is -2.27. The molecule has 1 aromatic rings. The summed E-state index contributed by atoms with van der Waals surface area (Å²) < 4.78 is 79.6. The van der Waals surface area contributed by atoms with Gasteiger partial charge in [0.1, 0.15) is 17.9 Å². The number of rotatable bonds is 12. The highest BCUT2D eigenvalue weighted by Crippen LogP contribution is 2.34. The van der Waals surface area contributed by atoms with Crippen LogP contribution in [0, 0.1) is 11.7 Å². The Labute approximate surface area is 207 Å². The Balaban J connectivity index is 0.00000222. The summed E-state index contributed by atoms with van der Waals surface area (Å²) in [5.41, 5.74) is -0.425. The first-order valence-corrected chi connectivity index (χ1v) is 13.6. The zero-order chi connectivity index (χ0) is 27.1. The maximum absolute atomic E-state index is 13.8. The van der Waals surface area contributed by atoms with E-state index in [1.165, 1.54) is 0 Å². The molecule has 2 fully saturated rings. The van der Waals surface area contributed by atoms with Gasteiger partial charge < -0.3 is 10.6 Å². The molecule has 1 aromatic carbocycles. The van der Waals surface area contributed by atoms with E-state index in [1.807, 2.05) is 19.2 Å². The summed E-state index contributed by atoms with van der Waals surface area (Å²) in [5.74, 6) is -5.20. The fourth-order valence-electron chi connectivity index (χ4n) is 3.27. The van der Waals surface area contributed by atoms with Crippen LogP contribution in [0.5, 0.6) is 0 Å². The number of ketones is 1. The quantitative estimate of drug-likeness (QED) is 0.278. The number of carbonyl (C=O) groups is 3. The maximum atomic E-state index is 13.8. The molecular formula is C23H31F4N3O5S. The number of hydrogen-bond acceptors (Lipinski definition) is 6. The maximum Gasteiger partial charge on any atom is 0.407 e. The first-order valence-electron chi connectivity index (χ1n) is 11.7. The van der Waals surface area contributed by atoms with Crippen molar-refractivity contribution in [3.8, 4) is 0 Å². The molecular weight excluding hydrogens is 506 g/mol. The summed E-state index contributed by atoms with van der Waals surface area (Å²) in [4.78, 5) is 36.4. The van der Waals surface area contributed by atoms with Crippen molar-refractivity contribution in [2.45, 2.75) is 63.8 Å². The molecule has 2 saturated carbocycles. The fourth-order valence-corrected chi connectivity index (χ4v) is 5.21. The number of sulfone groups is 1. The molecule has 2 unspecified atom stereocenters. The smallest absolute Gasteiger partial charge is 0.347 e. The van der Waals surface area contributed by atoms with Gasteiger partial charge in [0.2, 0.25) is 11.7 Å². The molecule has 13 heteroatoms. The average Bonchev–Trinajstić information content (AvgIpc) is 3.73. The van der Waals surface area contributed by atoms with Crippen LogP contribution in [0.25, 0.3) is 0 Å². The van der Waals surface area contributed by atoms with Gasteiger partial charge in [-0.2, -0.15) is 13.2 Å². The van der Waals surface area contributed by atoms with Crippen LogP contribution in [-0.2, 0) is 24.2 Å². The van der Waals surface area contributed by atoms with Gasteiger partial charge in [-0.1, -0.05) is 26.0 Å². The van der Waals surface area contributed by atoms with Crippen molar-refractivity contribution in [2.75, 3.05) is 18.1 Å². The van der Waals surface area contributed by atoms with Crippen molar-refractivity contribution in [1.82, 2.24) is 16.0 Å². The van der Waals surface area contributed by atoms with Gasteiger partial charge in [-0.15, -0.1) is 0 Å². The Morgan fingerprint density at radius 1 is 1.03 bits per heavy atom. The lowest BCUT2D eigenvalue weighted by Crippen LogP contribution is -2.53. The van der Waals surface area contributed by atoms with E-state index in [0.717, 1.165) is 37.1 Å². The SMILES string of the molecule is CC.O=C(CNC(=O)C(CS(=O)(=O)CC1CC1)NC(c1ccc(F)cc1)C(F)(F)F)C(=O)NC1CC1. The van der Waals surface area contributed by atoms with Crippen molar-refractivity contribution in [3.63, 3.8) is 0 Å². The fraction of sp³-hybridized carbons (Fsp3) is 0.609. The molecule has 2 aliphatic carbocycles. The van der Waals surface area contributed by atoms with E-state index in [1.54, 1.807) is 0 Å². The minimum Gasteiger partial charge on any atom is -0.347 e. The third-order valence-corrected chi connectivity index (χ3v) is 7.23.